The minimum Gasteiger partial charge on any atom is -0.342 e. The number of fused-ring (bicyclic) bond motifs is 1. The van der Waals surface area contributed by atoms with E-state index < -0.39 is 0 Å². The van der Waals surface area contributed by atoms with Crippen LogP contribution in [0.5, 0.6) is 0 Å². The molecule has 146 valence electrons. The first-order valence-corrected chi connectivity index (χ1v) is 10.5. The third-order valence-electron chi connectivity index (χ3n) is 6.32. The van der Waals surface area contributed by atoms with Crippen molar-refractivity contribution in [2.75, 3.05) is 13.1 Å². The van der Waals surface area contributed by atoms with Crippen molar-refractivity contribution < 1.29 is 4.79 Å². The molecule has 3 heteroatoms. The fourth-order valence-corrected chi connectivity index (χ4v) is 4.47. The Morgan fingerprint density at radius 1 is 1.03 bits per heavy atom. The molecular formula is C26H26N2O. The predicted octanol–water partition coefficient (Wildman–Crippen LogP) is 4.94. The molecule has 0 unspecified atom stereocenters. The molecule has 0 radical (unpaired) electrons. The number of carbonyl (C=O) groups is 1. The Morgan fingerprint density at radius 2 is 1.86 bits per heavy atom. The molecule has 1 heterocycles. The Bertz CT molecular complexity index is 1120. The van der Waals surface area contributed by atoms with Crippen molar-refractivity contribution in [3.63, 3.8) is 0 Å². The molecule has 0 bridgehead atoms. The van der Waals surface area contributed by atoms with Crippen molar-refractivity contribution >= 4 is 22.3 Å². The molecule has 2 aliphatic rings. The Hall–Kier alpha value is -2.91. The molecule has 1 aliphatic carbocycles. The minimum atomic E-state index is -0.242. The smallest absolute Gasteiger partial charge is 0.252 e. The summed E-state index contributed by atoms with van der Waals surface area (Å²) in [5.74, 6) is 0.0318. The van der Waals surface area contributed by atoms with Gasteiger partial charge in [-0.1, -0.05) is 60.7 Å². The van der Waals surface area contributed by atoms with Crippen molar-refractivity contribution in [1.29, 1.82) is 0 Å². The Labute approximate surface area is 171 Å². The zero-order valence-electron chi connectivity index (χ0n) is 16.8. The van der Waals surface area contributed by atoms with E-state index in [4.69, 9.17) is 0 Å². The van der Waals surface area contributed by atoms with Crippen molar-refractivity contribution in [3.05, 3.63) is 89.0 Å². The maximum Gasteiger partial charge on any atom is 0.252 e. The molecule has 5 rings (SSSR count). The summed E-state index contributed by atoms with van der Waals surface area (Å²) in [6, 6.07) is 21.1. The van der Waals surface area contributed by atoms with Crippen LogP contribution < -0.4 is 10.6 Å². The summed E-state index contributed by atoms with van der Waals surface area (Å²) in [6.45, 7) is 3.91. The van der Waals surface area contributed by atoms with Gasteiger partial charge < -0.3 is 10.6 Å². The number of aryl methyl sites for hydroxylation is 1. The zero-order valence-corrected chi connectivity index (χ0v) is 16.8. The van der Waals surface area contributed by atoms with E-state index in [1.54, 1.807) is 0 Å². The van der Waals surface area contributed by atoms with Gasteiger partial charge in [-0.2, -0.15) is 0 Å². The summed E-state index contributed by atoms with van der Waals surface area (Å²) in [5.41, 5.74) is 5.29. The average molecular weight is 383 g/mol. The molecule has 3 aromatic carbocycles. The van der Waals surface area contributed by atoms with E-state index in [2.05, 4.69) is 77.4 Å². The number of benzene rings is 3. The summed E-state index contributed by atoms with van der Waals surface area (Å²) in [6.07, 6.45) is 5.21. The fourth-order valence-electron chi connectivity index (χ4n) is 4.47. The second-order valence-electron chi connectivity index (χ2n) is 8.28. The summed E-state index contributed by atoms with van der Waals surface area (Å²) >= 11 is 0. The van der Waals surface area contributed by atoms with Crippen LogP contribution in [0.4, 0.5) is 0 Å². The van der Waals surface area contributed by atoms with Gasteiger partial charge in [0.05, 0.1) is 5.54 Å². The average Bonchev–Trinajstić information content (AvgIpc) is 3.54. The highest BCUT2D eigenvalue weighted by Gasteiger charge is 2.46. The predicted molar refractivity (Wildman–Crippen MR) is 119 cm³/mol. The highest BCUT2D eigenvalue weighted by atomic mass is 16.1. The van der Waals surface area contributed by atoms with Gasteiger partial charge in [-0.25, -0.2) is 0 Å². The Balaban J connectivity index is 1.46. The normalized spacial score (nSPS) is 17.6. The lowest BCUT2D eigenvalue weighted by molar-refractivity contribution is 0.0930. The molecule has 0 atom stereocenters. The highest BCUT2D eigenvalue weighted by molar-refractivity contribution is 5.98. The van der Waals surface area contributed by atoms with Gasteiger partial charge >= 0.3 is 0 Å². The number of amides is 1. The third-order valence-corrected chi connectivity index (χ3v) is 6.32. The van der Waals surface area contributed by atoms with Gasteiger partial charge in [-0.05, 0) is 71.8 Å². The zero-order chi connectivity index (χ0) is 19.8. The van der Waals surface area contributed by atoms with Gasteiger partial charge in [0.15, 0.2) is 0 Å². The summed E-state index contributed by atoms with van der Waals surface area (Å²) < 4.78 is 0. The fraction of sp³-hybridized carbons (Fsp3) is 0.269. The molecule has 3 aromatic rings. The molecule has 0 aromatic heterocycles. The molecule has 1 amide bonds. The van der Waals surface area contributed by atoms with Crippen molar-refractivity contribution in [2.24, 2.45) is 0 Å². The molecule has 29 heavy (non-hydrogen) atoms. The number of nitrogens with one attached hydrogen (secondary N) is 2. The first kappa shape index (κ1) is 18.1. The van der Waals surface area contributed by atoms with Gasteiger partial charge in [-0.15, -0.1) is 0 Å². The van der Waals surface area contributed by atoms with Crippen LogP contribution in [0.1, 0.15) is 46.3 Å². The topological polar surface area (TPSA) is 41.1 Å². The molecule has 0 saturated heterocycles. The lowest BCUT2D eigenvalue weighted by Crippen LogP contribution is -2.35. The van der Waals surface area contributed by atoms with Crippen LogP contribution in [0.2, 0.25) is 0 Å². The second-order valence-corrected chi connectivity index (χ2v) is 8.28. The maximum absolute atomic E-state index is 13.3. The summed E-state index contributed by atoms with van der Waals surface area (Å²) in [5, 5.41) is 9.20. The molecule has 1 fully saturated rings. The van der Waals surface area contributed by atoms with Gasteiger partial charge in [0, 0.05) is 12.1 Å². The largest absolute Gasteiger partial charge is 0.342 e. The lowest BCUT2D eigenvalue weighted by Gasteiger charge is -2.21. The Morgan fingerprint density at radius 3 is 2.66 bits per heavy atom. The third kappa shape index (κ3) is 3.36. The van der Waals surface area contributed by atoms with Gasteiger partial charge in [0.1, 0.15) is 0 Å². The van der Waals surface area contributed by atoms with E-state index in [0.29, 0.717) is 0 Å². The van der Waals surface area contributed by atoms with Crippen molar-refractivity contribution in [2.45, 2.75) is 31.7 Å². The van der Waals surface area contributed by atoms with E-state index in [9.17, 15) is 4.79 Å². The monoisotopic (exact) mass is 382 g/mol. The van der Waals surface area contributed by atoms with Crippen molar-refractivity contribution in [1.82, 2.24) is 10.6 Å². The van der Waals surface area contributed by atoms with Gasteiger partial charge in [-0.3, -0.25) is 4.79 Å². The summed E-state index contributed by atoms with van der Waals surface area (Å²) in [4.78, 5) is 13.3. The van der Waals surface area contributed by atoms with Crippen LogP contribution in [-0.2, 0) is 5.54 Å². The number of hydrogen-bond acceptors (Lipinski definition) is 2. The molecule has 2 N–H and O–H groups in total. The van der Waals surface area contributed by atoms with Gasteiger partial charge in [0.2, 0.25) is 0 Å². The number of carbonyl (C=O) groups excluding carboxylic acids is 1. The van der Waals surface area contributed by atoms with Crippen LogP contribution >= 0.6 is 0 Å². The Kier molecular flexibility index (Phi) is 4.48. The van der Waals surface area contributed by atoms with Crippen molar-refractivity contribution in [3.8, 4) is 0 Å². The first-order valence-electron chi connectivity index (χ1n) is 10.5. The van der Waals surface area contributed by atoms with Crippen LogP contribution in [0.25, 0.3) is 16.3 Å². The maximum atomic E-state index is 13.3. The van der Waals surface area contributed by atoms with E-state index in [1.165, 1.54) is 21.9 Å². The molecule has 3 nitrogen and oxygen atoms in total. The lowest BCUT2D eigenvalue weighted by atomic mass is 9.94. The minimum absolute atomic E-state index is 0.0318. The molecule has 1 saturated carbocycles. The van der Waals surface area contributed by atoms with E-state index in [-0.39, 0.29) is 11.4 Å². The summed E-state index contributed by atoms with van der Waals surface area (Å²) in [7, 11) is 0. The highest BCUT2D eigenvalue weighted by Crippen LogP contribution is 2.48. The molecule has 0 spiro atoms. The standard InChI is InChI=1S/C26H26N2O/c1-18-9-10-21(19-11-15-27-16-12-19)17-23(18)25(29)28-26(13-14-26)24-8-4-6-20-5-2-3-7-22(20)24/h2-11,17,27H,12-16H2,1H3,(H,28,29). The van der Waals surface area contributed by atoms with Crippen LogP contribution in [0.3, 0.4) is 0 Å². The van der Waals surface area contributed by atoms with Crippen LogP contribution in [-0.4, -0.2) is 19.0 Å². The van der Waals surface area contributed by atoms with Crippen LogP contribution in [0, 0.1) is 6.92 Å². The van der Waals surface area contributed by atoms with E-state index in [0.717, 1.165) is 49.0 Å². The number of hydrogen-bond donors (Lipinski definition) is 2. The van der Waals surface area contributed by atoms with E-state index >= 15 is 0 Å². The van der Waals surface area contributed by atoms with Crippen LogP contribution in [0.15, 0.2) is 66.7 Å². The molecule has 1 aliphatic heterocycles. The second kappa shape index (κ2) is 7.16. The quantitative estimate of drug-likeness (QED) is 0.671. The SMILES string of the molecule is Cc1ccc(C2=CCNCC2)cc1C(=O)NC1(c2cccc3ccccc23)CC1. The first-order chi connectivity index (χ1) is 14.2. The van der Waals surface area contributed by atoms with E-state index in [1.807, 2.05) is 6.92 Å². The number of rotatable bonds is 4. The molecular weight excluding hydrogens is 356 g/mol. The van der Waals surface area contributed by atoms with Gasteiger partial charge in [0.25, 0.3) is 5.91 Å².